The molecule has 0 heterocycles. The Labute approximate surface area is 173 Å². The molecule has 3 rings (SSSR count). The van der Waals surface area contributed by atoms with E-state index in [0.717, 1.165) is 22.6 Å². The Kier molecular flexibility index (Phi) is 6.73. The van der Waals surface area contributed by atoms with Gasteiger partial charge in [-0.1, -0.05) is 46.9 Å². The highest BCUT2D eigenvalue weighted by Gasteiger charge is 2.10. The van der Waals surface area contributed by atoms with E-state index in [0.29, 0.717) is 34.0 Å². The van der Waals surface area contributed by atoms with Gasteiger partial charge in [0.1, 0.15) is 12.4 Å². The van der Waals surface area contributed by atoms with E-state index in [1.807, 2.05) is 60.7 Å². The fourth-order valence-electron chi connectivity index (χ4n) is 2.50. The molecule has 27 heavy (non-hydrogen) atoms. The Morgan fingerprint density at radius 3 is 2.04 bits per heavy atom. The van der Waals surface area contributed by atoms with Gasteiger partial charge in [0.05, 0.1) is 17.2 Å². The molecule has 1 N–H and O–H groups in total. The molecule has 0 amide bonds. The number of methoxy groups -OCH3 is 1. The van der Waals surface area contributed by atoms with Crippen molar-refractivity contribution in [1.29, 1.82) is 0 Å². The summed E-state index contributed by atoms with van der Waals surface area (Å²) < 4.78 is 10.9. The number of halogens is 3. The minimum atomic E-state index is 0.361. The molecule has 140 valence electrons. The average molecular weight is 423 g/mol. The first kappa shape index (κ1) is 19.7. The number of ether oxygens (including phenoxy) is 2. The normalized spacial score (nSPS) is 10.5. The molecule has 0 saturated heterocycles. The van der Waals surface area contributed by atoms with E-state index < -0.39 is 0 Å². The molecule has 3 nitrogen and oxygen atoms in total. The van der Waals surface area contributed by atoms with Gasteiger partial charge in [-0.05, 0) is 59.7 Å². The fourth-order valence-corrected chi connectivity index (χ4v) is 3.27. The van der Waals surface area contributed by atoms with Crippen LogP contribution in [0.5, 0.6) is 11.5 Å². The summed E-state index contributed by atoms with van der Waals surface area (Å²) in [5.74, 6) is 1.29. The molecule has 0 atom stereocenters. The van der Waals surface area contributed by atoms with Crippen molar-refractivity contribution in [2.24, 2.45) is 0 Å². The number of benzene rings is 3. The van der Waals surface area contributed by atoms with Crippen LogP contribution in [0, 0.1) is 0 Å². The molecule has 0 bridgehead atoms. The molecule has 3 aromatic rings. The maximum atomic E-state index is 6.37. The maximum Gasteiger partial charge on any atom is 0.156 e. The van der Waals surface area contributed by atoms with Gasteiger partial charge in [0.15, 0.2) is 5.75 Å². The highest BCUT2D eigenvalue weighted by Crippen LogP contribution is 2.35. The van der Waals surface area contributed by atoms with E-state index >= 15 is 0 Å². The van der Waals surface area contributed by atoms with Gasteiger partial charge in [0.2, 0.25) is 0 Å². The third-order valence-corrected chi connectivity index (χ3v) is 4.75. The highest BCUT2D eigenvalue weighted by molar-refractivity contribution is 6.37. The summed E-state index contributed by atoms with van der Waals surface area (Å²) in [7, 11) is 1.64. The predicted molar refractivity (Wildman–Crippen MR) is 113 cm³/mol. The van der Waals surface area contributed by atoms with E-state index in [9.17, 15) is 0 Å². The van der Waals surface area contributed by atoms with Crippen LogP contribution in [-0.4, -0.2) is 7.11 Å². The number of rotatable bonds is 7. The predicted octanol–water partition coefficient (Wildman–Crippen LogP) is 6.85. The number of nitrogens with one attached hydrogen (secondary N) is 1. The van der Waals surface area contributed by atoms with Crippen molar-refractivity contribution in [3.05, 3.63) is 86.9 Å². The SMILES string of the molecule is COc1ccc(NCc2cc(Cl)c(OCc3ccc(Cl)cc3)c(Cl)c2)cc1. The average Bonchev–Trinajstić information content (AvgIpc) is 2.67. The summed E-state index contributed by atoms with van der Waals surface area (Å²) in [4.78, 5) is 0. The van der Waals surface area contributed by atoms with Crippen LogP contribution in [0.3, 0.4) is 0 Å². The monoisotopic (exact) mass is 421 g/mol. The van der Waals surface area contributed by atoms with Crippen molar-refractivity contribution >= 4 is 40.5 Å². The maximum absolute atomic E-state index is 6.37. The van der Waals surface area contributed by atoms with Gasteiger partial charge >= 0.3 is 0 Å². The Balaban J connectivity index is 1.63. The Morgan fingerprint density at radius 1 is 0.815 bits per heavy atom. The lowest BCUT2D eigenvalue weighted by molar-refractivity contribution is 0.306. The van der Waals surface area contributed by atoms with Crippen molar-refractivity contribution in [1.82, 2.24) is 0 Å². The fraction of sp³-hybridized carbons (Fsp3) is 0.143. The highest BCUT2D eigenvalue weighted by atomic mass is 35.5. The Morgan fingerprint density at radius 2 is 1.44 bits per heavy atom. The molecule has 0 aliphatic rings. The van der Waals surface area contributed by atoms with Crippen LogP contribution in [0.2, 0.25) is 15.1 Å². The van der Waals surface area contributed by atoms with E-state index in [2.05, 4.69) is 5.32 Å². The summed E-state index contributed by atoms with van der Waals surface area (Å²) in [5, 5.41) is 4.96. The van der Waals surface area contributed by atoms with Crippen molar-refractivity contribution in [2.45, 2.75) is 13.2 Å². The largest absolute Gasteiger partial charge is 0.497 e. The van der Waals surface area contributed by atoms with Crippen LogP contribution < -0.4 is 14.8 Å². The van der Waals surface area contributed by atoms with Gasteiger partial charge in [-0.3, -0.25) is 0 Å². The molecule has 3 aromatic carbocycles. The Bertz CT molecular complexity index is 873. The zero-order valence-corrected chi connectivity index (χ0v) is 16.9. The van der Waals surface area contributed by atoms with Crippen molar-refractivity contribution in [3.8, 4) is 11.5 Å². The van der Waals surface area contributed by atoms with Crippen LogP contribution in [0.1, 0.15) is 11.1 Å². The van der Waals surface area contributed by atoms with Crippen molar-refractivity contribution < 1.29 is 9.47 Å². The number of hydrogen-bond acceptors (Lipinski definition) is 3. The van der Waals surface area contributed by atoms with Crippen LogP contribution >= 0.6 is 34.8 Å². The lowest BCUT2D eigenvalue weighted by Crippen LogP contribution is -2.01. The van der Waals surface area contributed by atoms with Gasteiger partial charge in [-0.25, -0.2) is 0 Å². The molecule has 0 spiro atoms. The molecule has 0 saturated carbocycles. The molecule has 0 fully saturated rings. The second kappa shape index (κ2) is 9.23. The quantitative estimate of drug-likeness (QED) is 0.452. The van der Waals surface area contributed by atoms with Gasteiger partial charge in [-0.15, -0.1) is 0 Å². The first-order chi connectivity index (χ1) is 13.0. The zero-order chi connectivity index (χ0) is 19.2. The van der Waals surface area contributed by atoms with E-state index in [1.54, 1.807) is 7.11 Å². The summed E-state index contributed by atoms with van der Waals surface area (Å²) in [6.45, 7) is 0.948. The molecule has 0 aliphatic heterocycles. The van der Waals surface area contributed by atoms with Crippen LogP contribution in [0.25, 0.3) is 0 Å². The molecular formula is C21H18Cl3NO2. The zero-order valence-electron chi connectivity index (χ0n) is 14.6. The topological polar surface area (TPSA) is 30.5 Å². The summed E-state index contributed by atoms with van der Waals surface area (Å²) in [6.07, 6.45) is 0. The third-order valence-electron chi connectivity index (χ3n) is 3.94. The minimum Gasteiger partial charge on any atom is -0.497 e. The smallest absolute Gasteiger partial charge is 0.156 e. The van der Waals surface area contributed by atoms with Crippen LogP contribution in [0.15, 0.2) is 60.7 Å². The molecule has 6 heteroatoms. The molecular weight excluding hydrogens is 405 g/mol. The molecule has 0 radical (unpaired) electrons. The van der Waals surface area contributed by atoms with Gasteiger partial charge in [0, 0.05) is 17.3 Å². The van der Waals surface area contributed by atoms with E-state index in [4.69, 9.17) is 44.3 Å². The number of hydrogen-bond donors (Lipinski definition) is 1. The Hall–Kier alpha value is -2.07. The standard InChI is InChI=1S/C21H18Cl3NO2/c1-26-18-8-6-17(7-9-18)25-12-15-10-19(23)21(20(24)11-15)27-13-14-2-4-16(22)5-3-14/h2-11,25H,12-13H2,1H3. The van der Waals surface area contributed by atoms with E-state index in [1.165, 1.54) is 0 Å². The first-order valence-corrected chi connectivity index (χ1v) is 9.41. The summed E-state index contributed by atoms with van der Waals surface area (Å²) in [6, 6.07) is 18.8. The third kappa shape index (κ3) is 5.46. The lowest BCUT2D eigenvalue weighted by Gasteiger charge is -2.13. The molecule has 0 unspecified atom stereocenters. The van der Waals surface area contributed by atoms with Crippen molar-refractivity contribution in [2.75, 3.05) is 12.4 Å². The van der Waals surface area contributed by atoms with Gasteiger partial charge < -0.3 is 14.8 Å². The lowest BCUT2D eigenvalue weighted by atomic mass is 10.2. The molecule has 0 aliphatic carbocycles. The molecule has 0 aromatic heterocycles. The van der Waals surface area contributed by atoms with Gasteiger partial charge in [-0.2, -0.15) is 0 Å². The summed E-state index contributed by atoms with van der Waals surface area (Å²) >= 11 is 18.6. The van der Waals surface area contributed by atoms with Crippen LogP contribution in [-0.2, 0) is 13.2 Å². The summed E-state index contributed by atoms with van der Waals surface area (Å²) in [5.41, 5.74) is 2.92. The second-order valence-electron chi connectivity index (χ2n) is 5.89. The van der Waals surface area contributed by atoms with Gasteiger partial charge in [0.25, 0.3) is 0 Å². The number of anilines is 1. The first-order valence-electron chi connectivity index (χ1n) is 8.28. The van der Waals surface area contributed by atoms with Crippen LogP contribution in [0.4, 0.5) is 5.69 Å². The van der Waals surface area contributed by atoms with Crippen molar-refractivity contribution in [3.63, 3.8) is 0 Å². The second-order valence-corrected chi connectivity index (χ2v) is 7.14. The minimum absolute atomic E-state index is 0.361. The van der Waals surface area contributed by atoms with E-state index in [-0.39, 0.29) is 0 Å².